The van der Waals surface area contributed by atoms with Crippen molar-refractivity contribution in [3.8, 4) is 22.9 Å². The predicted octanol–water partition coefficient (Wildman–Crippen LogP) is 4.98. The topological polar surface area (TPSA) is 87.5 Å². The van der Waals surface area contributed by atoms with Crippen LogP contribution in [-0.4, -0.2) is 31.5 Å². The molecule has 4 aromatic rings. The highest BCUT2D eigenvalue weighted by atomic mass is 16.6. The fourth-order valence-corrected chi connectivity index (χ4v) is 3.29. The van der Waals surface area contributed by atoms with Crippen LogP contribution in [-0.2, 0) is 4.74 Å². The van der Waals surface area contributed by atoms with Crippen molar-refractivity contribution in [2.24, 2.45) is 0 Å². The van der Waals surface area contributed by atoms with E-state index in [9.17, 15) is 15.0 Å². The van der Waals surface area contributed by atoms with E-state index in [1.807, 2.05) is 18.2 Å². The molecule has 2 aromatic carbocycles. The molecule has 0 saturated heterocycles. The number of aromatic amines is 1. The van der Waals surface area contributed by atoms with Gasteiger partial charge in [0.25, 0.3) is 0 Å². The van der Waals surface area contributed by atoms with Crippen LogP contribution in [0.2, 0.25) is 0 Å². The predicted molar refractivity (Wildman–Crippen MR) is 104 cm³/mol. The first-order valence-corrected chi connectivity index (χ1v) is 8.62. The first-order chi connectivity index (χ1) is 12.7. The van der Waals surface area contributed by atoms with E-state index < -0.39 is 11.7 Å². The summed E-state index contributed by atoms with van der Waals surface area (Å²) in [5.41, 5.74) is 1.21. The summed E-state index contributed by atoms with van der Waals surface area (Å²) in [6.45, 7) is 5.42. The number of hydrogen-bond donors (Lipinski definition) is 3. The first-order valence-electron chi connectivity index (χ1n) is 8.62. The molecular weight excluding hydrogens is 344 g/mol. The Hall–Kier alpha value is -3.41. The van der Waals surface area contributed by atoms with E-state index in [1.54, 1.807) is 45.2 Å². The Balaban J connectivity index is 2.03. The molecule has 0 fully saturated rings. The van der Waals surface area contributed by atoms with Crippen LogP contribution in [0.3, 0.4) is 0 Å². The van der Waals surface area contributed by atoms with Crippen LogP contribution >= 0.6 is 0 Å². The van der Waals surface area contributed by atoms with Crippen molar-refractivity contribution in [1.29, 1.82) is 0 Å². The Morgan fingerprint density at radius 1 is 1.07 bits per heavy atom. The van der Waals surface area contributed by atoms with Crippen LogP contribution in [0.1, 0.15) is 20.8 Å². The molecule has 0 atom stereocenters. The molecule has 0 spiro atoms. The van der Waals surface area contributed by atoms with Crippen molar-refractivity contribution in [3.05, 3.63) is 48.7 Å². The molecule has 2 aromatic heterocycles. The number of ether oxygens (including phenoxy) is 1. The molecule has 27 heavy (non-hydrogen) atoms. The average Bonchev–Trinajstić information content (AvgIpc) is 3.14. The van der Waals surface area contributed by atoms with Crippen molar-refractivity contribution in [2.45, 2.75) is 26.4 Å². The summed E-state index contributed by atoms with van der Waals surface area (Å²) in [5, 5.41) is 22.3. The third-order valence-electron chi connectivity index (χ3n) is 4.34. The number of carbonyl (C=O) groups is 1. The van der Waals surface area contributed by atoms with Gasteiger partial charge in [0.15, 0.2) is 5.88 Å². The summed E-state index contributed by atoms with van der Waals surface area (Å²) in [5.74, 6) is 0.141. The zero-order chi connectivity index (χ0) is 19.3. The van der Waals surface area contributed by atoms with Crippen molar-refractivity contribution in [3.63, 3.8) is 0 Å². The summed E-state index contributed by atoms with van der Waals surface area (Å²) in [6.07, 6.45) is 1.19. The number of nitrogens with one attached hydrogen (secondary N) is 1. The van der Waals surface area contributed by atoms with Crippen LogP contribution in [0, 0.1) is 0 Å². The lowest BCUT2D eigenvalue weighted by atomic mass is 10.1. The number of aromatic nitrogens is 2. The van der Waals surface area contributed by atoms with Crippen LogP contribution < -0.4 is 0 Å². The minimum Gasteiger partial charge on any atom is -0.508 e. The highest BCUT2D eigenvalue weighted by molar-refractivity contribution is 6.05. The third kappa shape index (κ3) is 2.89. The second kappa shape index (κ2) is 5.81. The van der Waals surface area contributed by atoms with E-state index in [0.717, 1.165) is 5.39 Å². The molecule has 0 aliphatic heterocycles. The van der Waals surface area contributed by atoms with Gasteiger partial charge in [-0.1, -0.05) is 18.2 Å². The molecule has 4 rings (SSSR count). The Labute approximate surface area is 155 Å². The number of H-pyrrole nitrogens is 1. The van der Waals surface area contributed by atoms with Gasteiger partial charge in [0.05, 0.1) is 16.6 Å². The SMILES string of the molecule is CC(C)(C)OC(=O)n1c(-c2cccc3c[nH]c(O)c23)cc2cc(O)ccc21. The number of phenols is 1. The lowest BCUT2D eigenvalue weighted by molar-refractivity contribution is 0.0547. The molecule has 3 N–H and O–H groups in total. The maximum atomic E-state index is 13.0. The second-order valence-corrected chi connectivity index (χ2v) is 7.50. The molecule has 2 heterocycles. The molecule has 0 radical (unpaired) electrons. The maximum absolute atomic E-state index is 13.0. The molecule has 0 aliphatic rings. The van der Waals surface area contributed by atoms with Gasteiger partial charge >= 0.3 is 6.09 Å². The summed E-state index contributed by atoms with van der Waals surface area (Å²) in [4.78, 5) is 15.8. The van der Waals surface area contributed by atoms with E-state index in [4.69, 9.17) is 4.74 Å². The van der Waals surface area contributed by atoms with Crippen molar-refractivity contribution < 1.29 is 19.7 Å². The first kappa shape index (κ1) is 17.0. The second-order valence-electron chi connectivity index (χ2n) is 7.50. The molecule has 0 amide bonds. The van der Waals surface area contributed by atoms with Gasteiger partial charge in [-0.25, -0.2) is 9.36 Å². The molecule has 6 heteroatoms. The zero-order valence-corrected chi connectivity index (χ0v) is 15.3. The van der Waals surface area contributed by atoms with Crippen LogP contribution in [0.5, 0.6) is 11.6 Å². The largest absolute Gasteiger partial charge is 0.508 e. The molecule has 0 bridgehead atoms. The number of rotatable bonds is 1. The Kier molecular flexibility index (Phi) is 3.66. The quantitative estimate of drug-likeness (QED) is 0.444. The molecular formula is C21H20N2O4. The van der Waals surface area contributed by atoms with Gasteiger partial charge in [-0.15, -0.1) is 0 Å². The number of carbonyl (C=O) groups excluding carboxylic acids is 1. The minimum atomic E-state index is -0.663. The van der Waals surface area contributed by atoms with E-state index in [-0.39, 0.29) is 11.6 Å². The van der Waals surface area contributed by atoms with E-state index >= 15 is 0 Å². The highest BCUT2D eigenvalue weighted by Gasteiger charge is 2.24. The Morgan fingerprint density at radius 3 is 2.59 bits per heavy atom. The van der Waals surface area contributed by atoms with Gasteiger partial charge in [0, 0.05) is 22.5 Å². The van der Waals surface area contributed by atoms with Gasteiger partial charge in [-0.05, 0) is 45.0 Å². The fourth-order valence-electron chi connectivity index (χ4n) is 3.29. The molecule has 0 unspecified atom stereocenters. The lowest BCUT2D eigenvalue weighted by Gasteiger charge is -2.21. The monoisotopic (exact) mass is 364 g/mol. The van der Waals surface area contributed by atoms with Crippen LogP contribution in [0.25, 0.3) is 32.9 Å². The molecule has 0 aliphatic carbocycles. The van der Waals surface area contributed by atoms with Crippen LogP contribution in [0.15, 0.2) is 48.7 Å². The van der Waals surface area contributed by atoms with Crippen molar-refractivity contribution in [2.75, 3.05) is 0 Å². The lowest BCUT2D eigenvalue weighted by Crippen LogP contribution is -2.27. The van der Waals surface area contributed by atoms with Crippen molar-refractivity contribution in [1.82, 2.24) is 9.55 Å². The van der Waals surface area contributed by atoms with E-state index in [2.05, 4.69) is 4.98 Å². The van der Waals surface area contributed by atoms with Crippen LogP contribution in [0.4, 0.5) is 4.79 Å². The number of aromatic hydroxyl groups is 2. The third-order valence-corrected chi connectivity index (χ3v) is 4.34. The van der Waals surface area contributed by atoms with E-state index in [1.165, 1.54) is 10.6 Å². The Bertz CT molecular complexity index is 1180. The number of phenolic OH excluding ortho intramolecular Hbond substituents is 1. The highest BCUT2D eigenvalue weighted by Crippen LogP contribution is 2.38. The van der Waals surface area contributed by atoms with Crippen molar-refractivity contribution >= 4 is 27.8 Å². The maximum Gasteiger partial charge on any atom is 0.419 e. The fraction of sp³-hybridized carbons (Fsp3) is 0.190. The smallest absolute Gasteiger partial charge is 0.419 e. The number of benzene rings is 2. The number of nitrogens with zero attached hydrogens (tertiary/aromatic N) is 1. The molecule has 6 nitrogen and oxygen atoms in total. The summed E-state index contributed by atoms with van der Waals surface area (Å²) < 4.78 is 7.07. The van der Waals surface area contributed by atoms with Gasteiger partial charge in [-0.3, -0.25) is 0 Å². The Morgan fingerprint density at radius 2 is 1.85 bits per heavy atom. The standard InChI is InChI=1S/C21H20N2O4/c1-21(2,3)27-20(26)23-16-8-7-14(24)9-13(16)10-17(23)15-6-4-5-12-11-22-19(25)18(12)15/h4-11,22,24-25H,1-3H3. The molecule has 0 saturated carbocycles. The summed E-state index contributed by atoms with van der Waals surface area (Å²) in [6, 6.07) is 12.2. The number of fused-ring (bicyclic) bond motifs is 2. The normalized spacial score (nSPS) is 12.0. The molecule has 138 valence electrons. The average molecular weight is 364 g/mol. The minimum absolute atomic E-state index is 0.0319. The van der Waals surface area contributed by atoms with Gasteiger partial charge < -0.3 is 19.9 Å². The van der Waals surface area contributed by atoms with Gasteiger partial charge in [0.1, 0.15) is 11.4 Å². The number of hydrogen-bond acceptors (Lipinski definition) is 4. The van der Waals surface area contributed by atoms with Gasteiger partial charge in [-0.2, -0.15) is 0 Å². The zero-order valence-electron chi connectivity index (χ0n) is 15.3. The van der Waals surface area contributed by atoms with Gasteiger partial charge in [0.2, 0.25) is 0 Å². The van der Waals surface area contributed by atoms with E-state index in [0.29, 0.717) is 27.5 Å². The summed E-state index contributed by atoms with van der Waals surface area (Å²) in [7, 11) is 0. The summed E-state index contributed by atoms with van der Waals surface area (Å²) >= 11 is 0.